The number of nitrogens with zero attached hydrogens (tertiary/aromatic N) is 1. The Hall–Kier alpha value is -2.28. The largest absolute Gasteiger partial charge is 0.468 e. The van der Waals surface area contributed by atoms with Gasteiger partial charge in [0, 0.05) is 13.1 Å². The second-order valence-corrected chi connectivity index (χ2v) is 6.11. The number of carbonyl (C=O) groups excluding carboxylic acids is 3. The van der Waals surface area contributed by atoms with E-state index < -0.39 is 41.1 Å². The number of nitrogens with one attached hydrogen (secondary N) is 1. The first kappa shape index (κ1) is 15.6. The third-order valence-electron chi connectivity index (χ3n) is 4.85. The highest BCUT2D eigenvalue weighted by atomic mass is 19.1. The molecule has 0 aromatic heterocycles. The number of ether oxygens (including phenoxy) is 1. The molecule has 4 unspecified atom stereocenters. The van der Waals surface area contributed by atoms with Crippen LogP contribution in [0.4, 0.5) is 4.39 Å². The molecule has 0 spiro atoms. The number of imide groups is 1. The van der Waals surface area contributed by atoms with E-state index in [-0.39, 0.29) is 5.91 Å². The third kappa shape index (κ3) is 2.07. The van der Waals surface area contributed by atoms with E-state index in [1.165, 1.54) is 26.3 Å². The van der Waals surface area contributed by atoms with Crippen LogP contribution in [0.5, 0.6) is 0 Å². The number of carbonyl (C=O) groups is 3. The molecular weight excluding hydrogens is 303 g/mol. The van der Waals surface area contributed by atoms with Crippen molar-refractivity contribution in [1.29, 1.82) is 0 Å². The van der Waals surface area contributed by atoms with E-state index in [0.717, 1.165) is 4.90 Å². The van der Waals surface area contributed by atoms with E-state index in [1.807, 2.05) is 0 Å². The number of likely N-dealkylation sites (tertiary alicyclic amines) is 1. The van der Waals surface area contributed by atoms with Crippen molar-refractivity contribution in [2.24, 2.45) is 11.8 Å². The van der Waals surface area contributed by atoms with Crippen molar-refractivity contribution in [3.05, 3.63) is 35.6 Å². The Balaban J connectivity index is 2.09. The van der Waals surface area contributed by atoms with Crippen LogP contribution in [0.25, 0.3) is 0 Å². The van der Waals surface area contributed by atoms with Crippen molar-refractivity contribution < 1.29 is 23.5 Å². The molecule has 1 N–H and O–H groups in total. The van der Waals surface area contributed by atoms with Gasteiger partial charge in [-0.05, 0) is 24.6 Å². The van der Waals surface area contributed by atoms with Gasteiger partial charge in [-0.25, -0.2) is 4.39 Å². The maximum absolute atomic E-state index is 13.2. The standard InChI is InChI=1S/C16H17FN2O4/c1-16(15(22)23-3)11-10(13(20)19(2)14(11)21)12(18-16)8-4-6-9(17)7-5-8/h4-7,10-12,18H,1-3H3. The highest BCUT2D eigenvalue weighted by molar-refractivity contribution is 6.09. The molecule has 2 fully saturated rings. The van der Waals surface area contributed by atoms with Gasteiger partial charge in [0.05, 0.1) is 18.9 Å². The number of fused-ring (bicyclic) bond motifs is 1. The predicted octanol–water partition coefficient (Wildman–Crippen LogP) is 0.633. The third-order valence-corrected chi connectivity index (χ3v) is 4.85. The quantitative estimate of drug-likeness (QED) is 0.639. The molecule has 7 heteroatoms. The second-order valence-electron chi connectivity index (χ2n) is 6.11. The molecule has 2 amide bonds. The highest BCUT2D eigenvalue weighted by Gasteiger charge is 2.66. The maximum atomic E-state index is 13.2. The zero-order chi connectivity index (χ0) is 16.9. The zero-order valence-electron chi connectivity index (χ0n) is 13.0. The minimum Gasteiger partial charge on any atom is -0.468 e. The molecule has 3 rings (SSSR count). The van der Waals surface area contributed by atoms with Crippen molar-refractivity contribution in [2.45, 2.75) is 18.5 Å². The molecule has 0 saturated carbocycles. The lowest BCUT2D eigenvalue weighted by atomic mass is 9.80. The first-order chi connectivity index (χ1) is 10.8. The van der Waals surface area contributed by atoms with Crippen LogP contribution in [0.2, 0.25) is 0 Å². The Morgan fingerprint density at radius 3 is 2.43 bits per heavy atom. The van der Waals surface area contributed by atoms with E-state index in [0.29, 0.717) is 5.56 Å². The van der Waals surface area contributed by atoms with Crippen LogP contribution >= 0.6 is 0 Å². The fraction of sp³-hybridized carbons (Fsp3) is 0.438. The molecule has 122 valence electrons. The minimum absolute atomic E-state index is 0.352. The summed E-state index contributed by atoms with van der Waals surface area (Å²) in [6, 6.07) is 5.09. The number of rotatable bonds is 2. The summed E-state index contributed by atoms with van der Waals surface area (Å²) in [5, 5.41) is 3.07. The minimum atomic E-state index is -1.31. The lowest BCUT2D eigenvalue weighted by Crippen LogP contribution is -2.53. The normalized spacial score (nSPS) is 33.0. The van der Waals surface area contributed by atoms with Gasteiger partial charge in [-0.3, -0.25) is 24.6 Å². The number of hydrogen-bond donors (Lipinski definition) is 1. The summed E-state index contributed by atoms with van der Waals surface area (Å²) in [7, 11) is 2.64. The van der Waals surface area contributed by atoms with Crippen LogP contribution in [-0.4, -0.2) is 42.4 Å². The molecule has 2 aliphatic rings. The van der Waals surface area contributed by atoms with Gasteiger partial charge in [-0.2, -0.15) is 0 Å². The van der Waals surface area contributed by atoms with Gasteiger partial charge in [0.15, 0.2) is 0 Å². The molecule has 2 heterocycles. The zero-order valence-corrected chi connectivity index (χ0v) is 13.0. The Bertz CT molecular complexity index is 690. The van der Waals surface area contributed by atoms with Crippen molar-refractivity contribution in [3.8, 4) is 0 Å². The second kappa shape index (κ2) is 5.13. The van der Waals surface area contributed by atoms with E-state index in [2.05, 4.69) is 5.32 Å². The van der Waals surface area contributed by atoms with Crippen molar-refractivity contribution >= 4 is 17.8 Å². The van der Waals surface area contributed by atoms with Gasteiger partial charge >= 0.3 is 5.97 Å². The topological polar surface area (TPSA) is 75.7 Å². The van der Waals surface area contributed by atoms with E-state index in [9.17, 15) is 18.8 Å². The Morgan fingerprint density at radius 1 is 1.26 bits per heavy atom. The monoisotopic (exact) mass is 320 g/mol. The molecule has 0 aliphatic carbocycles. The molecule has 6 nitrogen and oxygen atoms in total. The van der Waals surface area contributed by atoms with Crippen molar-refractivity contribution in [1.82, 2.24) is 10.2 Å². The van der Waals surface area contributed by atoms with Crippen molar-refractivity contribution in [3.63, 3.8) is 0 Å². The van der Waals surface area contributed by atoms with Gasteiger partial charge in [-0.1, -0.05) is 12.1 Å². The lowest BCUT2D eigenvalue weighted by molar-refractivity contribution is -0.152. The summed E-state index contributed by atoms with van der Waals surface area (Å²) in [4.78, 5) is 38.2. The molecule has 2 saturated heterocycles. The number of amides is 2. The van der Waals surface area contributed by atoms with Gasteiger partial charge in [0.2, 0.25) is 11.8 Å². The van der Waals surface area contributed by atoms with E-state index in [4.69, 9.17) is 4.74 Å². The van der Waals surface area contributed by atoms with Crippen LogP contribution < -0.4 is 5.32 Å². The summed E-state index contributed by atoms with van der Waals surface area (Å²) in [6.45, 7) is 1.56. The molecule has 0 radical (unpaired) electrons. The van der Waals surface area contributed by atoms with E-state index >= 15 is 0 Å². The SMILES string of the molecule is COC(=O)C1(C)NC(c2ccc(F)cc2)C2C(=O)N(C)C(=O)C21. The number of esters is 1. The smallest absolute Gasteiger partial charge is 0.326 e. The van der Waals surface area contributed by atoms with Crippen LogP contribution in [0.1, 0.15) is 18.5 Å². The fourth-order valence-corrected chi connectivity index (χ4v) is 3.64. The molecule has 4 atom stereocenters. The highest BCUT2D eigenvalue weighted by Crippen LogP contribution is 2.48. The Kier molecular flexibility index (Phi) is 3.48. The van der Waals surface area contributed by atoms with Gasteiger partial charge in [-0.15, -0.1) is 0 Å². The average Bonchev–Trinajstić information content (AvgIpc) is 2.97. The molecule has 0 bridgehead atoms. The number of methoxy groups -OCH3 is 1. The maximum Gasteiger partial charge on any atom is 0.326 e. The first-order valence-corrected chi connectivity index (χ1v) is 7.24. The number of halogens is 1. The summed E-state index contributed by atoms with van der Waals surface area (Å²) >= 11 is 0. The summed E-state index contributed by atoms with van der Waals surface area (Å²) in [6.07, 6.45) is 0. The van der Waals surface area contributed by atoms with Gasteiger partial charge < -0.3 is 4.74 Å². The molecule has 2 aliphatic heterocycles. The average molecular weight is 320 g/mol. The first-order valence-electron chi connectivity index (χ1n) is 7.24. The number of benzene rings is 1. The van der Waals surface area contributed by atoms with Crippen LogP contribution in [0.3, 0.4) is 0 Å². The number of hydrogen-bond acceptors (Lipinski definition) is 5. The van der Waals surface area contributed by atoms with Crippen LogP contribution in [-0.2, 0) is 19.1 Å². The van der Waals surface area contributed by atoms with Gasteiger partial charge in [0.25, 0.3) is 0 Å². The predicted molar refractivity (Wildman–Crippen MR) is 77.5 cm³/mol. The molecule has 23 heavy (non-hydrogen) atoms. The van der Waals surface area contributed by atoms with Crippen LogP contribution in [0.15, 0.2) is 24.3 Å². The lowest BCUT2D eigenvalue weighted by Gasteiger charge is -2.27. The summed E-state index contributed by atoms with van der Waals surface area (Å²) < 4.78 is 18.0. The summed E-state index contributed by atoms with van der Waals surface area (Å²) in [5.74, 6) is -3.33. The molecule has 1 aromatic rings. The molecular formula is C16H17FN2O4. The summed E-state index contributed by atoms with van der Waals surface area (Å²) in [5.41, 5.74) is -0.666. The molecule has 1 aromatic carbocycles. The van der Waals surface area contributed by atoms with Crippen LogP contribution in [0, 0.1) is 17.7 Å². The van der Waals surface area contributed by atoms with Gasteiger partial charge in [0.1, 0.15) is 11.4 Å². The van der Waals surface area contributed by atoms with E-state index in [1.54, 1.807) is 19.1 Å². The Labute approximate surface area is 132 Å². The fourth-order valence-electron chi connectivity index (χ4n) is 3.64. The van der Waals surface area contributed by atoms with Crippen molar-refractivity contribution in [2.75, 3.05) is 14.2 Å². The Morgan fingerprint density at radius 2 is 1.87 bits per heavy atom.